The lowest BCUT2D eigenvalue weighted by Gasteiger charge is -2.22. The normalized spacial score (nSPS) is 12.6. The van der Waals surface area contributed by atoms with E-state index in [0.29, 0.717) is 29.3 Å². The van der Waals surface area contributed by atoms with Crippen molar-refractivity contribution in [2.45, 2.75) is 38.1 Å². The second-order valence-corrected chi connectivity index (χ2v) is 9.62. The van der Waals surface area contributed by atoms with E-state index in [2.05, 4.69) is 36.0 Å². The molecule has 3 aromatic rings. The summed E-state index contributed by atoms with van der Waals surface area (Å²) in [6.45, 7) is 6.53. The molecule has 0 spiro atoms. The van der Waals surface area contributed by atoms with Gasteiger partial charge in [-0.05, 0) is 48.2 Å². The zero-order valence-corrected chi connectivity index (χ0v) is 18.8. The van der Waals surface area contributed by atoms with Crippen LogP contribution in [0.25, 0.3) is 0 Å². The van der Waals surface area contributed by atoms with Gasteiger partial charge in [-0.2, -0.15) is 0 Å². The molecule has 0 aliphatic rings. The molecule has 0 fully saturated rings. The van der Waals surface area contributed by atoms with Gasteiger partial charge in [0.2, 0.25) is 10.0 Å². The highest BCUT2D eigenvalue weighted by molar-refractivity contribution is 7.89. The third kappa shape index (κ3) is 5.83. The molecular weight excluding hydrogens is 412 g/mol. The summed E-state index contributed by atoms with van der Waals surface area (Å²) in [6.07, 6.45) is 1.48. The molecule has 0 aliphatic heterocycles. The van der Waals surface area contributed by atoms with Gasteiger partial charge in [0.05, 0.1) is 17.7 Å². The Balaban J connectivity index is 1.73. The number of benzene rings is 2. The van der Waals surface area contributed by atoms with E-state index in [-0.39, 0.29) is 23.3 Å². The molecule has 0 bridgehead atoms. The van der Waals surface area contributed by atoms with Crippen LogP contribution < -0.4 is 10.0 Å². The van der Waals surface area contributed by atoms with Gasteiger partial charge in [0.1, 0.15) is 5.76 Å². The smallest absolute Gasteiger partial charge is 0.251 e. The number of hydrogen-bond donors (Lipinski definition) is 2. The van der Waals surface area contributed by atoms with Crippen molar-refractivity contribution in [3.8, 4) is 0 Å². The lowest BCUT2D eigenvalue weighted by atomic mass is 9.88. The van der Waals surface area contributed by atoms with Crippen molar-refractivity contribution in [2.75, 3.05) is 6.54 Å². The first-order valence-corrected chi connectivity index (χ1v) is 11.7. The molecule has 6 nitrogen and oxygen atoms in total. The molecular formula is C24H28N2O4S. The Morgan fingerprint density at radius 3 is 2.42 bits per heavy atom. The Morgan fingerprint density at radius 2 is 1.77 bits per heavy atom. The van der Waals surface area contributed by atoms with Crippen molar-refractivity contribution in [1.29, 1.82) is 0 Å². The van der Waals surface area contributed by atoms with Crippen molar-refractivity contribution in [3.63, 3.8) is 0 Å². The van der Waals surface area contributed by atoms with Crippen molar-refractivity contribution in [2.24, 2.45) is 5.92 Å². The third-order valence-corrected chi connectivity index (χ3v) is 6.69. The summed E-state index contributed by atoms with van der Waals surface area (Å²) in [5.41, 5.74) is 2.22. The molecule has 1 heterocycles. The molecule has 3 rings (SSSR count). The molecule has 7 heteroatoms. The minimum Gasteiger partial charge on any atom is -0.468 e. The summed E-state index contributed by atoms with van der Waals surface area (Å²) in [5, 5.41) is 2.98. The molecule has 1 unspecified atom stereocenters. The molecule has 2 N–H and O–H groups in total. The molecule has 1 amide bonds. The van der Waals surface area contributed by atoms with E-state index in [9.17, 15) is 13.2 Å². The molecule has 0 radical (unpaired) electrons. The number of aryl methyl sites for hydroxylation is 1. The number of hydrogen-bond acceptors (Lipinski definition) is 4. The topological polar surface area (TPSA) is 88.4 Å². The van der Waals surface area contributed by atoms with Gasteiger partial charge in [0.25, 0.3) is 5.91 Å². The van der Waals surface area contributed by atoms with E-state index in [1.807, 2.05) is 18.2 Å². The van der Waals surface area contributed by atoms with Crippen LogP contribution in [0, 0.1) is 12.8 Å². The molecule has 31 heavy (non-hydrogen) atoms. The van der Waals surface area contributed by atoms with Crippen molar-refractivity contribution in [3.05, 3.63) is 89.4 Å². The molecule has 2 aromatic carbocycles. The lowest BCUT2D eigenvalue weighted by molar-refractivity contribution is 0.0948. The minimum atomic E-state index is -3.79. The number of rotatable bonds is 9. The maximum absolute atomic E-state index is 12.9. The van der Waals surface area contributed by atoms with Crippen LogP contribution in [-0.2, 0) is 16.6 Å². The average Bonchev–Trinajstić information content (AvgIpc) is 3.27. The van der Waals surface area contributed by atoms with E-state index in [1.54, 1.807) is 25.1 Å². The molecule has 0 saturated carbocycles. The Kier molecular flexibility index (Phi) is 7.30. The highest BCUT2D eigenvalue weighted by Gasteiger charge is 2.20. The third-order valence-electron chi connectivity index (χ3n) is 5.30. The summed E-state index contributed by atoms with van der Waals surface area (Å²) in [4.78, 5) is 12.9. The summed E-state index contributed by atoms with van der Waals surface area (Å²) >= 11 is 0. The van der Waals surface area contributed by atoms with Crippen LogP contribution in [-0.4, -0.2) is 20.9 Å². The molecule has 1 atom stereocenters. The number of carbonyl (C=O) groups is 1. The van der Waals surface area contributed by atoms with E-state index in [0.717, 1.165) is 5.56 Å². The summed E-state index contributed by atoms with van der Waals surface area (Å²) in [7, 11) is -3.79. The van der Waals surface area contributed by atoms with Gasteiger partial charge in [0.15, 0.2) is 0 Å². The molecule has 0 saturated heterocycles. The second kappa shape index (κ2) is 9.94. The van der Waals surface area contributed by atoms with Crippen LogP contribution in [0.3, 0.4) is 0 Å². The zero-order chi connectivity index (χ0) is 22.4. The summed E-state index contributed by atoms with van der Waals surface area (Å²) < 4.78 is 33.0. The SMILES string of the molecule is Cc1ccc(S(=O)(=O)NCc2ccco2)cc1C(=O)NCC(c1ccccc1)C(C)C. The predicted molar refractivity (Wildman–Crippen MR) is 120 cm³/mol. The second-order valence-electron chi connectivity index (χ2n) is 7.85. The summed E-state index contributed by atoms with van der Waals surface area (Å²) in [6, 6.07) is 18.0. The highest BCUT2D eigenvalue weighted by atomic mass is 32.2. The monoisotopic (exact) mass is 440 g/mol. The number of sulfonamides is 1. The van der Waals surface area contributed by atoms with E-state index >= 15 is 0 Å². The predicted octanol–water partition coefficient (Wildman–Crippen LogP) is 4.24. The Bertz CT molecular complexity index is 1110. The largest absolute Gasteiger partial charge is 0.468 e. The van der Waals surface area contributed by atoms with Gasteiger partial charge in [-0.15, -0.1) is 0 Å². The number of nitrogens with one attached hydrogen (secondary N) is 2. The molecule has 0 aliphatic carbocycles. The van der Waals surface area contributed by atoms with Gasteiger partial charge < -0.3 is 9.73 Å². The van der Waals surface area contributed by atoms with Crippen LogP contribution in [0.5, 0.6) is 0 Å². The minimum absolute atomic E-state index is 0.0396. The van der Waals surface area contributed by atoms with Gasteiger partial charge in [-0.25, -0.2) is 13.1 Å². The van der Waals surface area contributed by atoms with E-state index in [1.165, 1.54) is 18.4 Å². The first kappa shape index (κ1) is 22.8. The first-order chi connectivity index (χ1) is 14.8. The van der Waals surface area contributed by atoms with Crippen LogP contribution in [0.2, 0.25) is 0 Å². The highest BCUT2D eigenvalue weighted by Crippen LogP contribution is 2.24. The molecule has 164 valence electrons. The Hall–Kier alpha value is -2.90. The Labute approximate surface area is 183 Å². The van der Waals surface area contributed by atoms with Crippen LogP contribution >= 0.6 is 0 Å². The number of carbonyl (C=O) groups excluding carboxylic acids is 1. The Morgan fingerprint density at radius 1 is 1.03 bits per heavy atom. The lowest BCUT2D eigenvalue weighted by Crippen LogP contribution is -2.31. The van der Waals surface area contributed by atoms with E-state index in [4.69, 9.17) is 4.42 Å². The number of amides is 1. The average molecular weight is 441 g/mol. The van der Waals surface area contributed by atoms with Crippen LogP contribution in [0.1, 0.15) is 47.0 Å². The van der Waals surface area contributed by atoms with E-state index < -0.39 is 10.0 Å². The van der Waals surface area contributed by atoms with Gasteiger partial charge >= 0.3 is 0 Å². The first-order valence-electron chi connectivity index (χ1n) is 10.2. The van der Waals surface area contributed by atoms with Crippen LogP contribution in [0.4, 0.5) is 0 Å². The van der Waals surface area contributed by atoms with Gasteiger partial charge in [-0.3, -0.25) is 4.79 Å². The fourth-order valence-electron chi connectivity index (χ4n) is 3.41. The van der Waals surface area contributed by atoms with Gasteiger partial charge in [0, 0.05) is 18.0 Å². The van der Waals surface area contributed by atoms with Gasteiger partial charge in [-0.1, -0.05) is 50.2 Å². The van der Waals surface area contributed by atoms with Crippen LogP contribution in [0.15, 0.2) is 76.2 Å². The maximum atomic E-state index is 12.9. The maximum Gasteiger partial charge on any atom is 0.251 e. The standard InChI is InChI=1S/C24H28N2O4S/c1-17(2)23(19-8-5-4-6-9-19)16-25-24(27)22-14-21(12-11-18(22)3)31(28,29)26-15-20-10-7-13-30-20/h4-14,17,23,26H,15-16H2,1-3H3,(H,25,27). The fourth-order valence-corrected chi connectivity index (χ4v) is 4.43. The van der Waals surface area contributed by atoms with Crippen molar-refractivity contribution < 1.29 is 17.6 Å². The zero-order valence-electron chi connectivity index (χ0n) is 18.0. The number of furan rings is 1. The molecule has 1 aromatic heterocycles. The van der Waals surface area contributed by atoms with Crippen molar-refractivity contribution >= 4 is 15.9 Å². The quantitative estimate of drug-likeness (QED) is 0.521. The van der Waals surface area contributed by atoms with Crippen molar-refractivity contribution in [1.82, 2.24) is 10.0 Å². The fraction of sp³-hybridized carbons (Fsp3) is 0.292. The summed E-state index contributed by atoms with van der Waals surface area (Å²) in [5.74, 6) is 0.713.